The van der Waals surface area contributed by atoms with E-state index in [0.717, 1.165) is 42.8 Å². The molecular formula is C19H24O4. The minimum Gasteiger partial charge on any atom is -0.493 e. The Hall–Kier alpha value is -1.97. The van der Waals surface area contributed by atoms with Crippen LogP contribution in [-0.2, 0) is 9.53 Å². The summed E-state index contributed by atoms with van der Waals surface area (Å²) in [6, 6.07) is 6.12. The van der Waals surface area contributed by atoms with Gasteiger partial charge in [0.25, 0.3) is 0 Å². The molecule has 0 N–H and O–H groups in total. The van der Waals surface area contributed by atoms with E-state index in [4.69, 9.17) is 14.2 Å². The summed E-state index contributed by atoms with van der Waals surface area (Å²) in [5.74, 6) is 1.69. The quantitative estimate of drug-likeness (QED) is 0.770. The monoisotopic (exact) mass is 316 g/mol. The summed E-state index contributed by atoms with van der Waals surface area (Å²) >= 11 is 0. The van der Waals surface area contributed by atoms with Crippen molar-refractivity contribution in [3.05, 3.63) is 35.4 Å². The van der Waals surface area contributed by atoms with E-state index in [9.17, 15) is 4.79 Å². The summed E-state index contributed by atoms with van der Waals surface area (Å²) in [6.07, 6.45) is 8.57. The number of esters is 1. The van der Waals surface area contributed by atoms with E-state index < -0.39 is 0 Å². The molecule has 3 rings (SSSR count). The van der Waals surface area contributed by atoms with Crippen molar-refractivity contribution in [1.29, 1.82) is 0 Å². The van der Waals surface area contributed by atoms with Gasteiger partial charge in [-0.05, 0) is 62.1 Å². The van der Waals surface area contributed by atoms with Gasteiger partial charge < -0.3 is 14.2 Å². The average Bonchev–Trinajstić information content (AvgIpc) is 3.25. The van der Waals surface area contributed by atoms with Crippen LogP contribution in [-0.4, -0.2) is 26.3 Å². The molecule has 1 unspecified atom stereocenters. The number of benzene rings is 1. The first kappa shape index (κ1) is 15.9. The summed E-state index contributed by atoms with van der Waals surface area (Å²) in [5.41, 5.74) is 1.96. The number of hydrogen-bond acceptors (Lipinski definition) is 4. The molecule has 4 nitrogen and oxygen atoms in total. The van der Waals surface area contributed by atoms with Crippen LogP contribution in [0, 0.1) is 0 Å². The van der Waals surface area contributed by atoms with Crippen LogP contribution in [0.5, 0.6) is 11.5 Å². The van der Waals surface area contributed by atoms with Gasteiger partial charge in [0, 0.05) is 5.57 Å². The Kier molecular flexibility index (Phi) is 4.89. The zero-order valence-electron chi connectivity index (χ0n) is 13.8. The second-order valence-electron chi connectivity index (χ2n) is 6.29. The average molecular weight is 316 g/mol. The fourth-order valence-electron chi connectivity index (χ4n) is 3.49. The first-order valence-electron chi connectivity index (χ1n) is 8.33. The summed E-state index contributed by atoms with van der Waals surface area (Å²) in [5, 5.41) is 0. The van der Waals surface area contributed by atoms with Crippen LogP contribution in [0.4, 0.5) is 0 Å². The minimum absolute atomic E-state index is 0.219. The highest BCUT2D eigenvalue weighted by Crippen LogP contribution is 2.39. The molecule has 0 aromatic heterocycles. The number of rotatable bonds is 5. The van der Waals surface area contributed by atoms with Crippen molar-refractivity contribution in [2.45, 2.75) is 50.5 Å². The molecule has 0 spiro atoms. The fraction of sp³-hybridized carbons (Fsp3) is 0.526. The van der Waals surface area contributed by atoms with Gasteiger partial charge in [-0.25, -0.2) is 4.79 Å². The van der Waals surface area contributed by atoms with Crippen LogP contribution < -0.4 is 9.47 Å². The molecule has 0 bridgehead atoms. The van der Waals surface area contributed by atoms with E-state index in [-0.39, 0.29) is 5.97 Å². The van der Waals surface area contributed by atoms with Crippen molar-refractivity contribution in [1.82, 2.24) is 0 Å². The predicted octanol–water partition coefficient (Wildman–Crippen LogP) is 3.99. The molecule has 1 fully saturated rings. The molecule has 1 aromatic rings. The molecule has 0 radical (unpaired) electrons. The highest BCUT2D eigenvalue weighted by atomic mass is 16.5. The summed E-state index contributed by atoms with van der Waals surface area (Å²) in [6.45, 7) is 0. The van der Waals surface area contributed by atoms with E-state index in [1.54, 1.807) is 7.11 Å². The number of allylic oxidation sites excluding steroid dienone is 1. The van der Waals surface area contributed by atoms with E-state index in [1.807, 2.05) is 12.1 Å². The predicted molar refractivity (Wildman–Crippen MR) is 88.0 cm³/mol. The van der Waals surface area contributed by atoms with Crippen molar-refractivity contribution in [2.24, 2.45) is 0 Å². The highest BCUT2D eigenvalue weighted by molar-refractivity contribution is 5.89. The van der Waals surface area contributed by atoms with Crippen LogP contribution in [0.1, 0.15) is 50.0 Å². The van der Waals surface area contributed by atoms with E-state index >= 15 is 0 Å². The summed E-state index contributed by atoms with van der Waals surface area (Å²) in [7, 11) is 3.10. The molecule has 2 aliphatic rings. The maximum absolute atomic E-state index is 11.7. The van der Waals surface area contributed by atoms with Gasteiger partial charge in [-0.1, -0.05) is 12.1 Å². The van der Waals surface area contributed by atoms with Gasteiger partial charge in [0.1, 0.15) is 0 Å². The molecule has 0 amide bonds. The summed E-state index contributed by atoms with van der Waals surface area (Å²) < 4.78 is 16.4. The zero-order valence-corrected chi connectivity index (χ0v) is 13.8. The molecule has 1 aromatic carbocycles. The van der Waals surface area contributed by atoms with Gasteiger partial charge in [0.05, 0.1) is 20.3 Å². The maximum Gasteiger partial charge on any atom is 0.333 e. The molecule has 0 saturated heterocycles. The van der Waals surface area contributed by atoms with E-state index in [1.165, 1.54) is 25.5 Å². The van der Waals surface area contributed by atoms with Gasteiger partial charge in [-0.3, -0.25) is 0 Å². The van der Waals surface area contributed by atoms with Crippen LogP contribution in [0.25, 0.3) is 0 Å². The molecular weight excluding hydrogens is 292 g/mol. The Balaban J connectivity index is 1.74. The third kappa shape index (κ3) is 3.52. The third-order valence-electron chi connectivity index (χ3n) is 4.82. The fourth-order valence-corrected chi connectivity index (χ4v) is 3.49. The maximum atomic E-state index is 11.7. The van der Waals surface area contributed by atoms with Crippen LogP contribution in [0.3, 0.4) is 0 Å². The minimum atomic E-state index is -0.219. The lowest BCUT2D eigenvalue weighted by Gasteiger charge is -2.18. The normalized spacial score (nSPS) is 21.1. The van der Waals surface area contributed by atoms with Gasteiger partial charge >= 0.3 is 5.97 Å². The van der Waals surface area contributed by atoms with Crippen molar-refractivity contribution in [2.75, 3.05) is 14.2 Å². The Morgan fingerprint density at radius 1 is 1.13 bits per heavy atom. The number of carbonyl (C=O) groups is 1. The van der Waals surface area contributed by atoms with Crippen molar-refractivity contribution in [3.63, 3.8) is 0 Å². The Bertz CT molecular complexity index is 599. The van der Waals surface area contributed by atoms with Crippen molar-refractivity contribution < 1.29 is 19.0 Å². The van der Waals surface area contributed by atoms with Gasteiger partial charge in [-0.15, -0.1) is 0 Å². The van der Waals surface area contributed by atoms with Crippen LogP contribution >= 0.6 is 0 Å². The highest BCUT2D eigenvalue weighted by Gasteiger charge is 2.25. The smallest absolute Gasteiger partial charge is 0.333 e. The molecule has 1 saturated carbocycles. The molecule has 0 heterocycles. The number of methoxy groups -OCH3 is 2. The Morgan fingerprint density at radius 2 is 1.91 bits per heavy atom. The van der Waals surface area contributed by atoms with Crippen molar-refractivity contribution in [3.8, 4) is 11.5 Å². The van der Waals surface area contributed by atoms with Gasteiger partial charge in [0.15, 0.2) is 11.5 Å². The largest absolute Gasteiger partial charge is 0.493 e. The SMILES string of the molecule is COC(=O)C1=CCC(c2ccc(OC)c(OC3CCCC3)c2)C1. The molecule has 4 heteroatoms. The topological polar surface area (TPSA) is 44.8 Å². The lowest BCUT2D eigenvalue weighted by molar-refractivity contribution is -0.136. The lowest BCUT2D eigenvalue weighted by Crippen LogP contribution is -2.12. The lowest BCUT2D eigenvalue weighted by atomic mass is 9.95. The Labute approximate surface area is 137 Å². The van der Waals surface area contributed by atoms with Gasteiger partial charge in [0.2, 0.25) is 0 Å². The summed E-state index contributed by atoms with van der Waals surface area (Å²) in [4.78, 5) is 11.7. The number of ether oxygens (including phenoxy) is 3. The molecule has 23 heavy (non-hydrogen) atoms. The van der Waals surface area contributed by atoms with E-state index in [2.05, 4.69) is 12.1 Å². The second kappa shape index (κ2) is 7.07. The first-order valence-corrected chi connectivity index (χ1v) is 8.33. The van der Waals surface area contributed by atoms with Gasteiger partial charge in [-0.2, -0.15) is 0 Å². The third-order valence-corrected chi connectivity index (χ3v) is 4.82. The number of carbonyl (C=O) groups excluding carboxylic acids is 1. The molecule has 0 aliphatic heterocycles. The molecule has 2 aliphatic carbocycles. The molecule has 124 valence electrons. The van der Waals surface area contributed by atoms with Crippen LogP contribution in [0.2, 0.25) is 0 Å². The van der Waals surface area contributed by atoms with E-state index in [0.29, 0.717) is 12.0 Å². The first-order chi connectivity index (χ1) is 11.2. The zero-order chi connectivity index (χ0) is 16.2. The van der Waals surface area contributed by atoms with Crippen molar-refractivity contribution >= 4 is 5.97 Å². The number of hydrogen-bond donors (Lipinski definition) is 0. The second-order valence-corrected chi connectivity index (χ2v) is 6.29. The van der Waals surface area contributed by atoms with Crippen LogP contribution in [0.15, 0.2) is 29.8 Å². The standard InChI is InChI=1S/C19H24O4/c1-21-17-10-9-14(12-18(17)23-16-5-3-4-6-16)13-7-8-15(11-13)19(20)22-2/h8-10,12-13,16H,3-7,11H2,1-2H3. The Morgan fingerprint density at radius 3 is 2.61 bits per heavy atom. The molecule has 1 atom stereocenters.